The number of carboxylic acid groups (broad SMARTS) is 1. The van der Waals surface area contributed by atoms with Crippen molar-refractivity contribution in [3.8, 4) is 0 Å². The van der Waals surface area contributed by atoms with E-state index in [4.69, 9.17) is 10.8 Å². The monoisotopic (exact) mass is 252 g/mol. The van der Waals surface area contributed by atoms with E-state index in [9.17, 15) is 4.79 Å². The minimum absolute atomic E-state index is 0.104. The lowest BCUT2D eigenvalue weighted by molar-refractivity contribution is -0.143. The summed E-state index contributed by atoms with van der Waals surface area (Å²) in [6.07, 6.45) is 8.01. The molecule has 1 heterocycles. The maximum atomic E-state index is 10.9. The second kappa shape index (κ2) is 4.49. The third kappa shape index (κ3) is 2.16. The topological polar surface area (TPSA) is 66.6 Å². The van der Waals surface area contributed by atoms with Crippen LogP contribution in [0.4, 0.5) is 0 Å². The van der Waals surface area contributed by atoms with Gasteiger partial charge in [-0.05, 0) is 63.5 Å². The van der Waals surface area contributed by atoms with Gasteiger partial charge in [-0.25, -0.2) is 0 Å². The zero-order valence-corrected chi connectivity index (χ0v) is 11.0. The molecule has 0 aromatic heterocycles. The van der Waals surface area contributed by atoms with Gasteiger partial charge in [0.2, 0.25) is 0 Å². The van der Waals surface area contributed by atoms with Crippen molar-refractivity contribution < 1.29 is 9.90 Å². The number of carboxylic acids is 1. The van der Waals surface area contributed by atoms with Crippen molar-refractivity contribution in [3.63, 3.8) is 0 Å². The van der Waals surface area contributed by atoms with Crippen molar-refractivity contribution in [2.24, 2.45) is 17.1 Å². The number of carbonyl (C=O) groups is 1. The summed E-state index contributed by atoms with van der Waals surface area (Å²) in [4.78, 5) is 13.5. The standard InChI is InChI=1S/C14H24N2O2/c15-12-9-14(12)5-1-11(2-6-14)16-7-3-10(4-8-16)13(17)18/h10-12H,1-9,15H2,(H,17,18). The molecule has 3 rings (SSSR count). The van der Waals surface area contributed by atoms with Crippen LogP contribution in [0.15, 0.2) is 0 Å². The first-order chi connectivity index (χ1) is 8.61. The fraction of sp³-hybridized carbons (Fsp3) is 0.929. The highest BCUT2D eigenvalue weighted by atomic mass is 16.4. The maximum absolute atomic E-state index is 10.9. The smallest absolute Gasteiger partial charge is 0.306 e. The molecule has 1 atom stereocenters. The van der Waals surface area contributed by atoms with E-state index in [1.807, 2.05) is 0 Å². The number of piperidine rings is 1. The molecule has 0 amide bonds. The van der Waals surface area contributed by atoms with Gasteiger partial charge < -0.3 is 15.7 Å². The van der Waals surface area contributed by atoms with E-state index < -0.39 is 5.97 Å². The number of hydrogen-bond acceptors (Lipinski definition) is 3. The Morgan fingerprint density at radius 3 is 2.17 bits per heavy atom. The molecule has 1 saturated heterocycles. The Bertz CT molecular complexity index is 329. The van der Waals surface area contributed by atoms with Gasteiger partial charge in [0, 0.05) is 12.1 Å². The molecular formula is C14H24N2O2. The van der Waals surface area contributed by atoms with Crippen LogP contribution in [0.3, 0.4) is 0 Å². The SMILES string of the molecule is NC1CC12CCC(N1CCC(C(=O)O)CC1)CC2. The van der Waals surface area contributed by atoms with Crippen LogP contribution in [-0.2, 0) is 4.79 Å². The normalized spacial score (nSPS) is 42.1. The summed E-state index contributed by atoms with van der Waals surface area (Å²) in [7, 11) is 0. The van der Waals surface area contributed by atoms with Crippen LogP contribution in [0.1, 0.15) is 44.9 Å². The van der Waals surface area contributed by atoms with Gasteiger partial charge in [0.25, 0.3) is 0 Å². The van der Waals surface area contributed by atoms with E-state index >= 15 is 0 Å². The van der Waals surface area contributed by atoms with E-state index in [1.54, 1.807) is 0 Å². The van der Waals surface area contributed by atoms with Gasteiger partial charge in [0.1, 0.15) is 0 Å². The fourth-order valence-corrected chi connectivity index (χ4v) is 4.01. The maximum Gasteiger partial charge on any atom is 0.306 e. The van der Waals surface area contributed by atoms with Crippen LogP contribution in [-0.4, -0.2) is 41.1 Å². The van der Waals surface area contributed by atoms with Crippen molar-refractivity contribution in [2.75, 3.05) is 13.1 Å². The van der Waals surface area contributed by atoms with Gasteiger partial charge in [-0.2, -0.15) is 0 Å². The van der Waals surface area contributed by atoms with Crippen LogP contribution in [0.5, 0.6) is 0 Å². The van der Waals surface area contributed by atoms with Crippen molar-refractivity contribution in [1.29, 1.82) is 0 Å². The molecule has 102 valence electrons. The molecule has 1 unspecified atom stereocenters. The van der Waals surface area contributed by atoms with Gasteiger partial charge in [0.15, 0.2) is 0 Å². The van der Waals surface area contributed by atoms with Crippen molar-refractivity contribution >= 4 is 5.97 Å². The molecule has 2 aliphatic carbocycles. The van der Waals surface area contributed by atoms with Crippen LogP contribution >= 0.6 is 0 Å². The van der Waals surface area contributed by atoms with Gasteiger partial charge in [-0.15, -0.1) is 0 Å². The molecule has 0 aromatic carbocycles. The first-order valence-corrected chi connectivity index (χ1v) is 7.33. The van der Waals surface area contributed by atoms with Gasteiger partial charge in [-0.1, -0.05) is 0 Å². The number of nitrogens with zero attached hydrogens (tertiary/aromatic N) is 1. The lowest BCUT2D eigenvalue weighted by atomic mass is 9.81. The molecule has 3 fully saturated rings. The van der Waals surface area contributed by atoms with E-state index in [0.717, 1.165) is 25.9 Å². The summed E-state index contributed by atoms with van der Waals surface area (Å²) in [5, 5.41) is 9.01. The molecule has 2 saturated carbocycles. The summed E-state index contributed by atoms with van der Waals surface area (Å²) in [5.41, 5.74) is 6.54. The number of hydrogen-bond donors (Lipinski definition) is 2. The third-order valence-electron chi connectivity index (χ3n) is 5.60. The largest absolute Gasteiger partial charge is 0.481 e. The molecule has 3 N–H and O–H groups in total. The molecule has 4 heteroatoms. The highest BCUT2D eigenvalue weighted by Gasteiger charge is 2.53. The number of aliphatic carboxylic acids is 1. The molecular weight excluding hydrogens is 228 g/mol. The highest BCUT2D eigenvalue weighted by molar-refractivity contribution is 5.70. The lowest BCUT2D eigenvalue weighted by Gasteiger charge is -2.40. The molecule has 1 spiro atoms. The molecule has 4 nitrogen and oxygen atoms in total. The minimum atomic E-state index is -0.610. The molecule has 1 aliphatic heterocycles. The van der Waals surface area contributed by atoms with Gasteiger partial charge >= 0.3 is 5.97 Å². The van der Waals surface area contributed by atoms with E-state index in [2.05, 4.69) is 4.90 Å². The highest BCUT2D eigenvalue weighted by Crippen LogP contribution is 2.55. The summed E-state index contributed by atoms with van der Waals surface area (Å²) >= 11 is 0. The van der Waals surface area contributed by atoms with Gasteiger partial charge in [0.05, 0.1) is 5.92 Å². The molecule has 18 heavy (non-hydrogen) atoms. The van der Waals surface area contributed by atoms with Gasteiger partial charge in [-0.3, -0.25) is 4.79 Å². The second-order valence-electron chi connectivity index (χ2n) is 6.55. The average Bonchev–Trinajstić information content (AvgIpc) is 3.00. The first kappa shape index (κ1) is 12.4. The predicted octanol–water partition coefficient (Wildman–Crippen LogP) is 1.44. The zero-order valence-electron chi connectivity index (χ0n) is 11.0. The number of rotatable bonds is 2. The van der Waals surface area contributed by atoms with Crippen LogP contribution in [0, 0.1) is 11.3 Å². The van der Waals surface area contributed by atoms with Crippen LogP contribution < -0.4 is 5.73 Å². The Labute approximate surface area is 109 Å². The first-order valence-electron chi connectivity index (χ1n) is 7.33. The van der Waals surface area contributed by atoms with E-state index in [0.29, 0.717) is 17.5 Å². The zero-order chi connectivity index (χ0) is 12.8. The summed E-state index contributed by atoms with van der Waals surface area (Å²) < 4.78 is 0. The number of nitrogens with two attached hydrogens (primary N) is 1. The Morgan fingerprint density at radius 1 is 1.17 bits per heavy atom. The third-order valence-corrected chi connectivity index (χ3v) is 5.60. The Kier molecular flexibility index (Phi) is 3.10. The molecule has 0 bridgehead atoms. The molecule has 3 aliphatic rings. The van der Waals surface area contributed by atoms with Crippen molar-refractivity contribution in [2.45, 2.75) is 57.0 Å². The quantitative estimate of drug-likeness (QED) is 0.780. The minimum Gasteiger partial charge on any atom is -0.481 e. The number of likely N-dealkylation sites (tertiary alicyclic amines) is 1. The van der Waals surface area contributed by atoms with Crippen LogP contribution in [0.2, 0.25) is 0 Å². The van der Waals surface area contributed by atoms with Crippen molar-refractivity contribution in [1.82, 2.24) is 4.90 Å². The second-order valence-corrected chi connectivity index (χ2v) is 6.55. The van der Waals surface area contributed by atoms with E-state index in [1.165, 1.54) is 32.1 Å². The van der Waals surface area contributed by atoms with Crippen molar-refractivity contribution in [3.05, 3.63) is 0 Å². The lowest BCUT2D eigenvalue weighted by Crippen LogP contribution is -2.44. The predicted molar refractivity (Wildman–Crippen MR) is 69.2 cm³/mol. The van der Waals surface area contributed by atoms with Crippen LogP contribution in [0.25, 0.3) is 0 Å². The summed E-state index contributed by atoms with van der Waals surface area (Å²) in [6.45, 7) is 1.95. The Morgan fingerprint density at radius 2 is 1.72 bits per heavy atom. The summed E-state index contributed by atoms with van der Waals surface area (Å²) in [6, 6.07) is 1.16. The molecule has 0 radical (unpaired) electrons. The Balaban J connectivity index is 1.48. The average molecular weight is 252 g/mol. The summed E-state index contributed by atoms with van der Waals surface area (Å²) in [5.74, 6) is -0.714. The van der Waals surface area contributed by atoms with E-state index in [-0.39, 0.29) is 5.92 Å². The fourth-order valence-electron chi connectivity index (χ4n) is 4.01. The molecule has 0 aromatic rings. The Hall–Kier alpha value is -0.610.